The molecule has 3 rings (SSSR count). The summed E-state index contributed by atoms with van der Waals surface area (Å²) in [6, 6.07) is 5.00. The molecular formula is C19H23ClN6O6S. The molecule has 0 spiro atoms. The number of methoxy groups -OCH3 is 3. The number of hydrogen-bond acceptors (Lipinski definition) is 10. The molecule has 2 aromatic heterocycles. The lowest BCUT2D eigenvalue weighted by atomic mass is 10.2. The Hall–Kier alpha value is -3.00. The highest BCUT2D eigenvalue weighted by atomic mass is 35.5. The maximum absolute atomic E-state index is 13.3. The fraction of sp³-hybridized carbons (Fsp3) is 0.368. The zero-order chi connectivity index (χ0) is 24.2. The van der Waals surface area contributed by atoms with E-state index in [0.717, 1.165) is 0 Å². The average molecular weight is 499 g/mol. The number of rotatable bonds is 10. The third kappa shape index (κ3) is 5.00. The number of anilines is 1. The first-order chi connectivity index (χ1) is 15.8. The van der Waals surface area contributed by atoms with Crippen molar-refractivity contribution in [3.05, 3.63) is 47.3 Å². The number of ether oxygens (including phenoxy) is 3. The predicted molar refractivity (Wildman–Crippen MR) is 119 cm³/mol. The SMILES string of the molecule is COc1cccc(OC)c1-n1c(CO)nnc1NS(=O)(=O)C(C)C(OC)c1ncc(Cl)cn1. The highest BCUT2D eigenvalue weighted by Crippen LogP contribution is 2.35. The van der Waals surface area contributed by atoms with Crippen LogP contribution in [0.5, 0.6) is 11.5 Å². The van der Waals surface area contributed by atoms with Crippen molar-refractivity contribution in [3.63, 3.8) is 0 Å². The van der Waals surface area contributed by atoms with E-state index >= 15 is 0 Å². The Morgan fingerprint density at radius 2 is 1.73 bits per heavy atom. The Kier molecular flexibility index (Phi) is 7.68. The second-order valence-corrected chi connectivity index (χ2v) is 9.19. The molecule has 2 N–H and O–H groups in total. The molecule has 33 heavy (non-hydrogen) atoms. The van der Waals surface area contributed by atoms with Crippen LogP contribution in [0.15, 0.2) is 30.6 Å². The number of nitrogens with one attached hydrogen (secondary N) is 1. The number of aromatic nitrogens is 5. The first-order valence-electron chi connectivity index (χ1n) is 9.55. The van der Waals surface area contributed by atoms with Crippen molar-refractivity contribution in [2.75, 3.05) is 26.1 Å². The van der Waals surface area contributed by atoms with Crippen LogP contribution in [-0.4, -0.2) is 64.8 Å². The summed E-state index contributed by atoms with van der Waals surface area (Å²) < 4.78 is 46.4. The lowest BCUT2D eigenvalue weighted by Gasteiger charge is -2.22. The normalized spacial score (nSPS) is 13.4. The number of sulfonamides is 1. The van der Waals surface area contributed by atoms with Gasteiger partial charge in [-0.2, -0.15) is 0 Å². The van der Waals surface area contributed by atoms with E-state index in [-0.39, 0.29) is 17.6 Å². The van der Waals surface area contributed by atoms with Gasteiger partial charge in [-0.15, -0.1) is 10.2 Å². The van der Waals surface area contributed by atoms with Crippen LogP contribution < -0.4 is 14.2 Å². The van der Waals surface area contributed by atoms with Crippen molar-refractivity contribution in [3.8, 4) is 17.2 Å². The molecule has 0 radical (unpaired) electrons. The fourth-order valence-corrected chi connectivity index (χ4v) is 4.36. The van der Waals surface area contributed by atoms with Crippen LogP contribution in [0.1, 0.15) is 24.7 Å². The maximum Gasteiger partial charge on any atom is 0.243 e. The summed E-state index contributed by atoms with van der Waals surface area (Å²) in [6.07, 6.45) is 1.69. The summed E-state index contributed by atoms with van der Waals surface area (Å²) in [5.74, 6) is 0.722. The largest absolute Gasteiger partial charge is 0.494 e. The van der Waals surface area contributed by atoms with E-state index in [1.54, 1.807) is 18.2 Å². The van der Waals surface area contributed by atoms with Crippen LogP contribution in [0.25, 0.3) is 5.69 Å². The number of halogens is 1. The van der Waals surface area contributed by atoms with Gasteiger partial charge in [-0.05, 0) is 19.1 Å². The quantitative estimate of drug-likeness (QED) is 0.423. The van der Waals surface area contributed by atoms with Crippen molar-refractivity contribution in [2.24, 2.45) is 0 Å². The van der Waals surface area contributed by atoms with Gasteiger partial charge >= 0.3 is 0 Å². The first kappa shape index (κ1) is 24.6. The number of aliphatic hydroxyl groups is 1. The van der Waals surface area contributed by atoms with Crippen molar-refractivity contribution in [2.45, 2.75) is 24.9 Å². The van der Waals surface area contributed by atoms with E-state index < -0.39 is 28.0 Å². The standard InChI is InChI=1S/C19H23ClN6O6S/c1-11(17(32-4)18-21-8-12(20)9-22-18)33(28,29)25-19-24-23-15(10-27)26(19)16-13(30-2)6-5-7-14(16)31-3/h5-9,11,17,27H,10H2,1-4H3,(H,24,25). The molecule has 0 aliphatic carbocycles. The molecule has 12 nitrogen and oxygen atoms in total. The highest BCUT2D eigenvalue weighted by molar-refractivity contribution is 7.93. The molecular weight excluding hydrogens is 476 g/mol. The molecule has 0 saturated carbocycles. The van der Waals surface area contributed by atoms with Crippen LogP contribution in [0.2, 0.25) is 5.02 Å². The topological polar surface area (TPSA) is 151 Å². The van der Waals surface area contributed by atoms with Gasteiger partial charge < -0.3 is 19.3 Å². The van der Waals surface area contributed by atoms with E-state index in [1.165, 1.54) is 45.2 Å². The summed E-state index contributed by atoms with van der Waals surface area (Å²) in [4.78, 5) is 8.12. The Morgan fingerprint density at radius 1 is 1.12 bits per heavy atom. The molecule has 14 heteroatoms. The van der Waals surface area contributed by atoms with Crippen molar-refractivity contribution in [1.29, 1.82) is 0 Å². The van der Waals surface area contributed by atoms with Crippen LogP contribution in [0, 0.1) is 0 Å². The monoisotopic (exact) mass is 498 g/mol. The summed E-state index contributed by atoms with van der Waals surface area (Å²) in [7, 11) is 0.120. The second kappa shape index (κ2) is 10.3. The Labute approximate surface area is 195 Å². The van der Waals surface area contributed by atoms with Gasteiger partial charge in [0.05, 0.1) is 19.2 Å². The van der Waals surface area contributed by atoms with Crippen LogP contribution in [-0.2, 0) is 21.4 Å². The first-order valence-corrected chi connectivity index (χ1v) is 11.5. The third-order valence-electron chi connectivity index (χ3n) is 4.79. The van der Waals surface area contributed by atoms with Gasteiger partial charge in [0.15, 0.2) is 11.6 Å². The summed E-state index contributed by atoms with van der Waals surface area (Å²) in [6.45, 7) is 0.913. The summed E-state index contributed by atoms with van der Waals surface area (Å²) >= 11 is 5.82. The van der Waals surface area contributed by atoms with Crippen LogP contribution in [0.3, 0.4) is 0 Å². The molecule has 0 aliphatic rings. The van der Waals surface area contributed by atoms with Crippen LogP contribution >= 0.6 is 11.6 Å². The van der Waals surface area contributed by atoms with Gasteiger partial charge in [0.2, 0.25) is 16.0 Å². The van der Waals surface area contributed by atoms with Gasteiger partial charge in [-0.3, -0.25) is 9.29 Å². The minimum atomic E-state index is -4.12. The summed E-state index contributed by atoms with van der Waals surface area (Å²) in [5, 5.41) is 16.8. The number of hydrogen-bond donors (Lipinski definition) is 2. The third-order valence-corrected chi connectivity index (χ3v) is 6.68. The van der Waals surface area contributed by atoms with Gasteiger partial charge in [0.25, 0.3) is 0 Å². The maximum atomic E-state index is 13.3. The zero-order valence-electron chi connectivity index (χ0n) is 18.3. The molecule has 2 atom stereocenters. The molecule has 0 aliphatic heterocycles. The highest BCUT2D eigenvalue weighted by Gasteiger charge is 2.34. The van der Waals surface area contributed by atoms with E-state index in [4.69, 9.17) is 25.8 Å². The Bertz CT molecular complexity index is 1180. The van der Waals surface area contributed by atoms with Crippen molar-refractivity contribution < 1.29 is 27.7 Å². The second-order valence-electron chi connectivity index (χ2n) is 6.71. The molecule has 2 heterocycles. The minimum absolute atomic E-state index is 0.0625. The van der Waals surface area contributed by atoms with E-state index in [1.807, 2.05) is 0 Å². The van der Waals surface area contributed by atoms with Gasteiger partial charge in [-0.25, -0.2) is 18.4 Å². The number of para-hydroxylation sites is 1. The van der Waals surface area contributed by atoms with Crippen molar-refractivity contribution >= 4 is 27.6 Å². The average Bonchev–Trinajstić information content (AvgIpc) is 3.21. The molecule has 0 bridgehead atoms. The number of nitrogens with zero attached hydrogens (tertiary/aromatic N) is 5. The van der Waals surface area contributed by atoms with Gasteiger partial charge in [-0.1, -0.05) is 17.7 Å². The van der Waals surface area contributed by atoms with Crippen LogP contribution in [0.4, 0.5) is 5.95 Å². The number of aliphatic hydroxyl groups excluding tert-OH is 1. The molecule has 178 valence electrons. The molecule has 2 unspecified atom stereocenters. The molecule has 0 fully saturated rings. The smallest absolute Gasteiger partial charge is 0.243 e. The van der Waals surface area contributed by atoms with Crippen molar-refractivity contribution in [1.82, 2.24) is 24.7 Å². The van der Waals surface area contributed by atoms with Gasteiger partial charge in [0, 0.05) is 19.5 Å². The molecule has 1 aromatic carbocycles. The minimum Gasteiger partial charge on any atom is -0.494 e. The molecule has 0 saturated heterocycles. The van der Waals surface area contributed by atoms with E-state index in [0.29, 0.717) is 22.2 Å². The van der Waals surface area contributed by atoms with E-state index in [9.17, 15) is 13.5 Å². The Balaban J connectivity index is 2.04. The van der Waals surface area contributed by atoms with E-state index in [2.05, 4.69) is 24.9 Å². The summed E-state index contributed by atoms with van der Waals surface area (Å²) in [5.41, 5.74) is 0.311. The molecule has 0 amide bonds. The fourth-order valence-electron chi connectivity index (χ4n) is 3.13. The number of benzene rings is 1. The lowest BCUT2D eigenvalue weighted by Crippen LogP contribution is -2.33. The lowest BCUT2D eigenvalue weighted by molar-refractivity contribution is 0.0950. The predicted octanol–water partition coefficient (Wildman–Crippen LogP) is 1.74. The Morgan fingerprint density at radius 3 is 2.24 bits per heavy atom. The van der Waals surface area contributed by atoms with Gasteiger partial charge in [0.1, 0.15) is 35.1 Å². The zero-order valence-corrected chi connectivity index (χ0v) is 19.8. The molecule has 3 aromatic rings.